The highest BCUT2D eigenvalue weighted by Gasteiger charge is 2.04. The van der Waals surface area contributed by atoms with E-state index in [4.69, 9.17) is 5.11 Å². The Bertz CT molecular complexity index is 597. The lowest BCUT2D eigenvalue weighted by molar-refractivity contribution is 0.0696. The van der Waals surface area contributed by atoms with Crippen LogP contribution in [0.4, 0.5) is 0 Å². The molecule has 1 aromatic heterocycles. The Morgan fingerprint density at radius 2 is 2.10 bits per heavy atom. The summed E-state index contributed by atoms with van der Waals surface area (Å²) in [6.45, 7) is 3.42. The number of nitrogens with one attached hydrogen (secondary N) is 1. The summed E-state index contributed by atoms with van der Waals surface area (Å²) in [6.07, 6.45) is 2.75. The van der Waals surface area contributed by atoms with Gasteiger partial charge in [-0.2, -0.15) is 0 Å². The molecular weight excluding hydrogens is 252 g/mol. The van der Waals surface area contributed by atoms with Crippen LogP contribution in [0.25, 0.3) is 0 Å². The average Bonchev–Trinajstić information content (AvgIpc) is 2.48. The molecule has 20 heavy (non-hydrogen) atoms. The first kappa shape index (κ1) is 14.2. The van der Waals surface area contributed by atoms with Crippen LogP contribution in [0, 0.1) is 0 Å². The van der Waals surface area contributed by atoms with Gasteiger partial charge in [0.05, 0.1) is 11.3 Å². The number of rotatable bonds is 6. The molecule has 4 nitrogen and oxygen atoms in total. The zero-order chi connectivity index (χ0) is 14.4. The van der Waals surface area contributed by atoms with Crippen molar-refractivity contribution in [2.45, 2.75) is 26.4 Å². The fourth-order valence-corrected chi connectivity index (χ4v) is 2.09. The minimum Gasteiger partial charge on any atom is -0.478 e. The van der Waals surface area contributed by atoms with Crippen molar-refractivity contribution in [3.05, 3.63) is 65.0 Å². The molecule has 4 heteroatoms. The molecule has 0 aliphatic heterocycles. The third-order valence-corrected chi connectivity index (χ3v) is 3.16. The minimum absolute atomic E-state index is 0.316. The Hall–Kier alpha value is -2.20. The highest BCUT2D eigenvalue weighted by atomic mass is 16.4. The van der Waals surface area contributed by atoms with Crippen molar-refractivity contribution in [2.24, 2.45) is 0 Å². The maximum atomic E-state index is 10.9. The van der Waals surface area contributed by atoms with E-state index in [1.807, 2.05) is 12.1 Å². The fourth-order valence-electron chi connectivity index (χ4n) is 2.09. The third-order valence-electron chi connectivity index (χ3n) is 3.16. The van der Waals surface area contributed by atoms with Crippen molar-refractivity contribution in [2.75, 3.05) is 0 Å². The molecule has 2 N–H and O–H groups in total. The number of carboxylic acid groups (broad SMARTS) is 1. The van der Waals surface area contributed by atoms with Crippen molar-refractivity contribution >= 4 is 5.97 Å². The van der Waals surface area contributed by atoms with Crippen molar-refractivity contribution in [3.8, 4) is 0 Å². The van der Waals surface area contributed by atoms with Crippen LogP contribution >= 0.6 is 0 Å². The molecule has 104 valence electrons. The second-order valence-electron chi connectivity index (χ2n) is 4.57. The van der Waals surface area contributed by atoms with Crippen LogP contribution < -0.4 is 5.32 Å². The van der Waals surface area contributed by atoms with Crippen LogP contribution in [-0.4, -0.2) is 16.1 Å². The maximum Gasteiger partial charge on any atom is 0.335 e. The number of carboxylic acids is 1. The smallest absolute Gasteiger partial charge is 0.335 e. The van der Waals surface area contributed by atoms with Crippen LogP contribution in [0.1, 0.15) is 34.1 Å². The predicted octanol–water partition coefficient (Wildman–Crippen LogP) is 2.63. The molecule has 0 saturated heterocycles. The standard InChI is InChI=1S/C16H18N2O2/c1-2-13-7-4-8-18-15(13)11-17-10-12-5-3-6-14(9-12)16(19)20/h3-9,17H,2,10-11H2,1H3,(H,19,20). The van der Waals surface area contributed by atoms with E-state index >= 15 is 0 Å². The Morgan fingerprint density at radius 3 is 2.85 bits per heavy atom. The lowest BCUT2D eigenvalue weighted by Crippen LogP contribution is -2.15. The lowest BCUT2D eigenvalue weighted by Gasteiger charge is -2.08. The third kappa shape index (κ3) is 3.65. The zero-order valence-corrected chi connectivity index (χ0v) is 11.5. The number of benzene rings is 1. The highest BCUT2D eigenvalue weighted by Crippen LogP contribution is 2.08. The van der Waals surface area contributed by atoms with Gasteiger partial charge in [0, 0.05) is 19.3 Å². The molecular formula is C16H18N2O2. The fraction of sp³-hybridized carbons (Fsp3) is 0.250. The Labute approximate surface area is 118 Å². The molecule has 0 bridgehead atoms. The molecule has 0 spiro atoms. The van der Waals surface area contributed by atoms with E-state index < -0.39 is 5.97 Å². The molecule has 1 heterocycles. The summed E-state index contributed by atoms with van der Waals surface area (Å²) in [5.41, 5.74) is 3.55. The molecule has 0 aliphatic carbocycles. The first-order valence-electron chi connectivity index (χ1n) is 6.66. The van der Waals surface area contributed by atoms with E-state index in [2.05, 4.69) is 23.3 Å². The van der Waals surface area contributed by atoms with Crippen LogP contribution in [0.5, 0.6) is 0 Å². The molecule has 2 rings (SSSR count). The predicted molar refractivity (Wildman–Crippen MR) is 77.6 cm³/mol. The summed E-state index contributed by atoms with van der Waals surface area (Å²) in [6, 6.07) is 11.0. The quantitative estimate of drug-likeness (QED) is 0.847. The molecule has 2 aromatic rings. The van der Waals surface area contributed by atoms with E-state index in [9.17, 15) is 4.79 Å². The largest absolute Gasteiger partial charge is 0.478 e. The summed E-state index contributed by atoms with van der Waals surface area (Å²) >= 11 is 0. The SMILES string of the molecule is CCc1cccnc1CNCc1cccc(C(=O)O)c1. The number of aryl methyl sites for hydroxylation is 1. The van der Waals surface area contributed by atoms with E-state index in [1.54, 1.807) is 24.4 Å². The number of aromatic carboxylic acids is 1. The van der Waals surface area contributed by atoms with Crippen LogP contribution in [0.3, 0.4) is 0 Å². The van der Waals surface area contributed by atoms with Gasteiger partial charge in [-0.1, -0.05) is 25.1 Å². The van der Waals surface area contributed by atoms with Crippen molar-refractivity contribution in [3.63, 3.8) is 0 Å². The van der Waals surface area contributed by atoms with Crippen molar-refractivity contribution < 1.29 is 9.90 Å². The van der Waals surface area contributed by atoms with E-state index in [0.717, 1.165) is 17.7 Å². The van der Waals surface area contributed by atoms with Gasteiger partial charge in [-0.25, -0.2) is 4.79 Å². The highest BCUT2D eigenvalue weighted by molar-refractivity contribution is 5.87. The number of carbonyl (C=O) groups is 1. The normalized spacial score (nSPS) is 10.4. The van der Waals surface area contributed by atoms with Gasteiger partial charge >= 0.3 is 5.97 Å². The number of hydrogen-bond donors (Lipinski definition) is 2. The first-order chi connectivity index (χ1) is 9.70. The molecule has 0 fully saturated rings. The number of pyridine rings is 1. The second kappa shape index (κ2) is 6.82. The average molecular weight is 270 g/mol. The zero-order valence-electron chi connectivity index (χ0n) is 11.5. The second-order valence-corrected chi connectivity index (χ2v) is 4.57. The van der Waals surface area contributed by atoms with Gasteiger partial charge in [0.15, 0.2) is 0 Å². The first-order valence-corrected chi connectivity index (χ1v) is 6.66. The van der Waals surface area contributed by atoms with Crippen molar-refractivity contribution in [1.29, 1.82) is 0 Å². The molecule has 0 unspecified atom stereocenters. The summed E-state index contributed by atoms with van der Waals surface area (Å²) in [7, 11) is 0. The summed E-state index contributed by atoms with van der Waals surface area (Å²) in [5.74, 6) is -0.898. The number of aromatic nitrogens is 1. The lowest BCUT2D eigenvalue weighted by atomic mass is 10.1. The minimum atomic E-state index is -0.898. The topological polar surface area (TPSA) is 62.2 Å². The monoisotopic (exact) mass is 270 g/mol. The molecule has 0 aliphatic rings. The molecule has 0 saturated carbocycles. The van der Waals surface area contributed by atoms with Crippen LogP contribution in [-0.2, 0) is 19.5 Å². The van der Waals surface area contributed by atoms with Crippen LogP contribution in [0.2, 0.25) is 0 Å². The molecule has 0 amide bonds. The van der Waals surface area contributed by atoms with Gasteiger partial charge in [0.25, 0.3) is 0 Å². The van der Waals surface area contributed by atoms with E-state index in [0.29, 0.717) is 18.7 Å². The van der Waals surface area contributed by atoms with E-state index in [1.165, 1.54) is 5.56 Å². The Morgan fingerprint density at radius 1 is 1.25 bits per heavy atom. The number of hydrogen-bond acceptors (Lipinski definition) is 3. The van der Waals surface area contributed by atoms with Gasteiger partial charge in [0.1, 0.15) is 0 Å². The van der Waals surface area contributed by atoms with Crippen LogP contribution in [0.15, 0.2) is 42.6 Å². The van der Waals surface area contributed by atoms with Gasteiger partial charge in [-0.3, -0.25) is 4.98 Å². The number of nitrogens with zero attached hydrogens (tertiary/aromatic N) is 1. The summed E-state index contributed by atoms with van der Waals surface area (Å²) in [4.78, 5) is 15.3. The van der Waals surface area contributed by atoms with E-state index in [-0.39, 0.29) is 0 Å². The van der Waals surface area contributed by atoms with Gasteiger partial charge in [0.2, 0.25) is 0 Å². The molecule has 0 atom stereocenters. The Balaban J connectivity index is 1.96. The van der Waals surface area contributed by atoms with Crippen molar-refractivity contribution in [1.82, 2.24) is 10.3 Å². The molecule has 0 radical (unpaired) electrons. The Kier molecular flexibility index (Phi) is 4.85. The molecule has 1 aromatic carbocycles. The van der Waals surface area contributed by atoms with Gasteiger partial charge in [-0.05, 0) is 35.7 Å². The summed E-state index contributed by atoms with van der Waals surface area (Å²) in [5, 5.41) is 12.3. The maximum absolute atomic E-state index is 10.9. The van der Waals surface area contributed by atoms with Gasteiger partial charge in [-0.15, -0.1) is 0 Å². The van der Waals surface area contributed by atoms with Gasteiger partial charge < -0.3 is 10.4 Å². The summed E-state index contributed by atoms with van der Waals surface area (Å²) < 4.78 is 0.